The van der Waals surface area contributed by atoms with Gasteiger partial charge in [-0.3, -0.25) is 34.6 Å². The summed E-state index contributed by atoms with van der Waals surface area (Å²) in [6.07, 6.45) is -3.55. The van der Waals surface area contributed by atoms with Gasteiger partial charge in [0.15, 0.2) is 12.2 Å². The minimum Gasteiger partial charge on any atom is -0.463 e. The first-order valence-electron chi connectivity index (χ1n) is 9.37. The van der Waals surface area contributed by atoms with E-state index in [0.29, 0.717) is 0 Å². The van der Waals surface area contributed by atoms with Crippen LogP contribution in [0.4, 0.5) is 17.1 Å². The van der Waals surface area contributed by atoms with Crippen molar-refractivity contribution in [3.05, 3.63) is 38.4 Å². The number of non-ortho nitro benzene ring substituents is 1. The Hall–Kier alpha value is -3.33. The summed E-state index contributed by atoms with van der Waals surface area (Å²) in [7, 11) is 0. The molecule has 0 radical (unpaired) electrons. The average molecular weight is 534 g/mol. The minimum atomic E-state index is -1.26. The standard InChI is InChI=1S/C18H20BrN3O11/c1-8(23)30-7-14-16(31-9(2)24)17(32-10(3)25)15(18(19)33-14)20-12-5-4-11(21(26)27)6-13(12)22(28)29/h4-6,14-18,20H,7H2,1-3H3/t14-,15-,16-,17-,18+/m1/s1. The Bertz CT molecular complexity index is 957. The van der Waals surface area contributed by atoms with Crippen LogP contribution >= 0.6 is 15.9 Å². The van der Waals surface area contributed by atoms with Crippen molar-refractivity contribution in [1.29, 1.82) is 0 Å². The number of carbonyl (C=O) groups excluding carboxylic acids is 3. The molecule has 1 fully saturated rings. The zero-order chi connectivity index (χ0) is 24.9. The van der Waals surface area contributed by atoms with E-state index in [2.05, 4.69) is 21.2 Å². The summed E-state index contributed by atoms with van der Waals surface area (Å²) < 4.78 is 21.3. The molecule has 5 atom stereocenters. The van der Waals surface area contributed by atoms with Crippen LogP contribution in [0.2, 0.25) is 0 Å². The van der Waals surface area contributed by atoms with Crippen molar-refractivity contribution in [2.75, 3.05) is 11.9 Å². The molecule has 1 aliphatic rings. The molecule has 1 aliphatic heterocycles. The third-order valence-corrected chi connectivity index (χ3v) is 5.18. The first-order chi connectivity index (χ1) is 15.4. The number of rotatable bonds is 8. The number of nitrogens with one attached hydrogen (secondary N) is 1. The number of ether oxygens (including phenoxy) is 4. The summed E-state index contributed by atoms with van der Waals surface area (Å²) in [6.45, 7) is 3.04. The van der Waals surface area contributed by atoms with E-state index in [4.69, 9.17) is 18.9 Å². The molecule has 1 N–H and O–H groups in total. The molecule has 180 valence electrons. The van der Waals surface area contributed by atoms with Crippen LogP contribution in [-0.2, 0) is 33.3 Å². The molecule has 0 spiro atoms. The maximum Gasteiger partial charge on any atom is 0.303 e. The summed E-state index contributed by atoms with van der Waals surface area (Å²) in [5, 5.41) is 24.3. The number of hydrogen-bond donors (Lipinski definition) is 1. The number of nitrogens with zero attached hydrogens (tertiary/aromatic N) is 2. The Morgan fingerprint density at radius 2 is 1.64 bits per heavy atom. The van der Waals surface area contributed by atoms with Crippen LogP contribution in [0.1, 0.15) is 20.8 Å². The highest BCUT2D eigenvalue weighted by atomic mass is 79.9. The maximum atomic E-state index is 11.8. The van der Waals surface area contributed by atoms with Gasteiger partial charge in [0, 0.05) is 26.8 Å². The lowest BCUT2D eigenvalue weighted by molar-refractivity contribution is -0.393. The Labute approximate surface area is 194 Å². The Morgan fingerprint density at radius 1 is 1.03 bits per heavy atom. The number of esters is 3. The van der Waals surface area contributed by atoms with Gasteiger partial charge in [-0.05, 0) is 6.07 Å². The van der Waals surface area contributed by atoms with Gasteiger partial charge in [0.1, 0.15) is 29.5 Å². The molecule has 0 aromatic heterocycles. The van der Waals surface area contributed by atoms with E-state index in [1.54, 1.807) is 0 Å². The van der Waals surface area contributed by atoms with Gasteiger partial charge >= 0.3 is 17.9 Å². The molecule has 0 bridgehead atoms. The number of nitro groups is 2. The fourth-order valence-electron chi connectivity index (χ4n) is 3.13. The van der Waals surface area contributed by atoms with Crippen molar-refractivity contribution >= 4 is 50.9 Å². The second kappa shape index (κ2) is 11.0. The van der Waals surface area contributed by atoms with Gasteiger partial charge in [-0.2, -0.15) is 0 Å². The molecule has 0 amide bonds. The summed E-state index contributed by atoms with van der Waals surface area (Å²) in [4.78, 5) is 55.6. The van der Waals surface area contributed by atoms with E-state index in [0.717, 1.165) is 39.0 Å². The SMILES string of the molecule is CC(=O)OC[C@H]1O[C@H](Br)[C@H](Nc2ccc([N+](=O)[O-])cc2[N+](=O)[O-])[C@@H](OC(C)=O)[C@@H]1OC(C)=O. The number of carbonyl (C=O) groups is 3. The van der Waals surface area contributed by atoms with E-state index >= 15 is 0 Å². The molecule has 1 heterocycles. The number of nitro benzene ring substituents is 2. The largest absolute Gasteiger partial charge is 0.463 e. The van der Waals surface area contributed by atoms with E-state index in [1.165, 1.54) is 0 Å². The number of anilines is 1. The van der Waals surface area contributed by atoms with Gasteiger partial charge < -0.3 is 24.3 Å². The second-order valence-electron chi connectivity index (χ2n) is 6.86. The topological polar surface area (TPSA) is 186 Å². The number of benzene rings is 1. The molecule has 1 aromatic rings. The van der Waals surface area contributed by atoms with Crippen LogP contribution in [0.25, 0.3) is 0 Å². The molecular weight excluding hydrogens is 514 g/mol. The number of alkyl halides is 1. The smallest absolute Gasteiger partial charge is 0.303 e. The van der Waals surface area contributed by atoms with Crippen molar-refractivity contribution in [3.8, 4) is 0 Å². The molecule has 33 heavy (non-hydrogen) atoms. The summed E-state index contributed by atoms with van der Waals surface area (Å²) in [5.41, 5.74) is -1.25. The lowest BCUT2D eigenvalue weighted by Crippen LogP contribution is -2.62. The third kappa shape index (κ3) is 6.82. The highest BCUT2D eigenvalue weighted by molar-refractivity contribution is 9.09. The maximum absolute atomic E-state index is 11.8. The van der Waals surface area contributed by atoms with Crippen molar-refractivity contribution in [3.63, 3.8) is 0 Å². The summed E-state index contributed by atoms with van der Waals surface area (Å²) in [5.74, 6) is -2.13. The first kappa shape index (κ1) is 25.9. The van der Waals surface area contributed by atoms with Crippen molar-refractivity contribution in [2.24, 2.45) is 0 Å². The Balaban J connectivity index is 2.46. The molecule has 2 rings (SSSR count). The fourth-order valence-corrected chi connectivity index (χ4v) is 3.84. The van der Waals surface area contributed by atoms with Gasteiger partial charge in [-0.15, -0.1) is 0 Å². The molecule has 0 aliphatic carbocycles. The molecule has 1 aromatic carbocycles. The van der Waals surface area contributed by atoms with Crippen molar-refractivity contribution in [1.82, 2.24) is 0 Å². The van der Waals surface area contributed by atoms with Crippen LogP contribution < -0.4 is 5.32 Å². The van der Waals surface area contributed by atoms with Gasteiger partial charge in [-0.25, -0.2) is 0 Å². The molecule has 15 heteroatoms. The van der Waals surface area contributed by atoms with E-state index < -0.39 is 68.5 Å². The number of halogens is 1. The molecular formula is C18H20BrN3O11. The zero-order valence-electron chi connectivity index (χ0n) is 17.6. The first-order valence-corrected chi connectivity index (χ1v) is 10.3. The van der Waals surface area contributed by atoms with Crippen LogP contribution in [-0.4, -0.2) is 63.7 Å². The monoisotopic (exact) mass is 533 g/mol. The summed E-state index contributed by atoms with van der Waals surface area (Å²) in [6, 6.07) is 1.87. The number of hydrogen-bond acceptors (Lipinski definition) is 12. The van der Waals surface area contributed by atoms with Crippen molar-refractivity contribution in [2.45, 2.75) is 50.1 Å². The minimum absolute atomic E-state index is 0.138. The van der Waals surface area contributed by atoms with E-state index in [9.17, 15) is 34.6 Å². The fraction of sp³-hybridized carbons (Fsp3) is 0.500. The van der Waals surface area contributed by atoms with Gasteiger partial charge in [-0.1, -0.05) is 15.9 Å². The second-order valence-corrected chi connectivity index (χ2v) is 7.76. The molecule has 14 nitrogen and oxygen atoms in total. The van der Waals surface area contributed by atoms with Crippen molar-refractivity contribution < 1.29 is 43.2 Å². The molecule has 0 unspecified atom stereocenters. The van der Waals surface area contributed by atoms with Gasteiger partial charge in [0.05, 0.1) is 15.9 Å². The van der Waals surface area contributed by atoms with Crippen LogP contribution in [0.5, 0.6) is 0 Å². The summed E-state index contributed by atoms with van der Waals surface area (Å²) >= 11 is 3.25. The lowest BCUT2D eigenvalue weighted by atomic mass is 9.97. The van der Waals surface area contributed by atoms with E-state index in [-0.39, 0.29) is 12.3 Å². The average Bonchev–Trinajstić information content (AvgIpc) is 2.70. The quantitative estimate of drug-likeness (QED) is 0.168. The van der Waals surface area contributed by atoms with E-state index in [1.807, 2.05) is 0 Å². The third-order valence-electron chi connectivity index (χ3n) is 4.40. The highest BCUT2D eigenvalue weighted by Crippen LogP contribution is 2.35. The highest BCUT2D eigenvalue weighted by Gasteiger charge is 2.50. The van der Waals surface area contributed by atoms with Crippen LogP contribution in [0.15, 0.2) is 18.2 Å². The van der Waals surface area contributed by atoms with Crippen LogP contribution in [0.3, 0.4) is 0 Å². The van der Waals surface area contributed by atoms with Gasteiger partial charge in [0.25, 0.3) is 11.4 Å². The van der Waals surface area contributed by atoms with Gasteiger partial charge in [0.2, 0.25) is 0 Å². The lowest BCUT2D eigenvalue weighted by Gasteiger charge is -2.43. The Morgan fingerprint density at radius 3 is 2.15 bits per heavy atom. The predicted octanol–water partition coefficient (Wildman–Crippen LogP) is 1.83. The predicted molar refractivity (Wildman–Crippen MR) is 112 cm³/mol. The van der Waals surface area contributed by atoms with Crippen LogP contribution in [0, 0.1) is 20.2 Å². The molecule has 1 saturated heterocycles. The zero-order valence-corrected chi connectivity index (χ0v) is 19.2. The Kier molecular flexibility index (Phi) is 8.64. The molecule has 0 saturated carbocycles. The normalized spacial score (nSPS) is 24.3.